The second-order valence-corrected chi connectivity index (χ2v) is 10.5. The van der Waals surface area contributed by atoms with Gasteiger partial charge in [-0.25, -0.2) is 13.4 Å². The molecule has 2 heterocycles. The lowest BCUT2D eigenvalue weighted by Gasteiger charge is -2.20. The van der Waals surface area contributed by atoms with Crippen LogP contribution < -0.4 is 14.9 Å². The average Bonchev–Trinajstić information content (AvgIpc) is 3.37. The summed E-state index contributed by atoms with van der Waals surface area (Å²) in [5, 5.41) is 6.11. The highest BCUT2D eigenvalue weighted by atomic mass is 35.5. The van der Waals surface area contributed by atoms with Crippen LogP contribution in [0.4, 0.5) is 10.8 Å². The number of amides is 1. The molecule has 2 aliphatic rings. The first-order chi connectivity index (χ1) is 14.8. The zero-order valence-electron chi connectivity index (χ0n) is 17.0. The van der Waals surface area contributed by atoms with Gasteiger partial charge in [0.15, 0.2) is 5.13 Å². The maximum Gasteiger partial charge on any atom is 0.263 e. The maximum atomic E-state index is 12.9. The van der Waals surface area contributed by atoms with Crippen molar-refractivity contribution in [2.75, 3.05) is 22.7 Å². The quantitative estimate of drug-likeness (QED) is 0.630. The summed E-state index contributed by atoms with van der Waals surface area (Å²) in [5.74, 6) is -0.0225. The lowest BCUT2D eigenvalue weighted by atomic mass is 9.98. The van der Waals surface area contributed by atoms with Crippen LogP contribution in [0.1, 0.15) is 26.2 Å². The van der Waals surface area contributed by atoms with Crippen molar-refractivity contribution in [1.82, 2.24) is 10.3 Å². The number of aromatic nitrogens is 1. The van der Waals surface area contributed by atoms with Crippen molar-refractivity contribution in [2.45, 2.75) is 37.1 Å². The number of carbonyl (C=O) groups is 1. The number of benzene rings is 1. The molecule has 31 heavy (non-hydrogen) atoms. The Hall–Kier alpha value is -2.20. The van der Waals surface area contributed by atoms with Crippen LogP contribution >= 0.6 is 22.9 Å². The largest absolute Gasteiger partial charge is 0.311 e. The fourth-order valence-electron chi connectivity index (χ4n) is 3.73. The van der Waals surface area contributed by atoms with Crippen molar-refractivity contribution in [3.8, 4) is 0 Å². The smallest absolute Gasteiger partial charge is 0.263 e. The molecule has 10 heteroatoms. The first kappa shape index (κ1) is 22.0. The number of nitrogens with one attached hydrogen (secondary N) is 2. The molecule has 0 radical (unpaired) electrons. The second-order valence-electron chi connectivity index (χ2n) is 7.50. The molecule has 1 aliphatic carbocycles. The van der Waals surface area contributed by atoms with E-state index in [-0.39, 0.29) is 16.8 Å². The second kappa shape index (κ2) is 9.12. The average molecular weight is 479 g/mol. The number of halogens is 1. The van der Waals surface area contributed by atoms with Crippen molar-refractivity contribution in [1.29, 1.82) is 0 Å². The number of nitrogens with zero attached hydrogens (tertiary/aromatic N) is 2. The van der Waals surface area contributed by atoms with Crippen molar-refractivity contribution in [3.63, 3.8) is 0 Å². The van der Waals surface area contributed by atoms with E-state index in [1.54, 1.807) is 22.4 Å². The van der Waals surface area contributed by atoms with Crippen LogP contribution in [-0.2, 0) is 14.8 Å². The van der Waals surface area contributed by atoms with Crippen LogP contribution in [0.2, 0.25) is 0 Å². The maximum absolute atomic E-state index is 12.9. The van der Waals surface area contributed by atoms with Gasteiger partial charge in [-0.1, -0.05) is 23.3 Å². The van der Waals surface area contributed by atoms with E-state index in [4.69, 9.17) is 11.6 Å². The Labute approximate surface area is 190 Å². The van der Waals surface area contributed by atoms with Gasteiger partial charge in [-0.15, -0.1) is 11.3 Å². The fraction of sp³-hybridized carbons (Fsp3) is 0.333. The van der Waals surface area contributed by atoms with Gasteiger partial charge in [0.1, 0.15) is 0 Å². The number of rotatable bonds is 7. The van der Waals surface area contributed by atoms with Gasteiger partial charge in [0.05, 0.1) is 10.9 Å². The lowest BCUT2D eigenvalue weighted by molar-refractivity contribution is -0.118. The van der Waals surface area contributed by atoms with Crippen LogP contribution in [0.3, 0.4) is 0 Å². The lowest BCUT2D eigenvalue weighted by Crippen LogP contribution is -2.39. The first-order valence-electron chi connectivity index (χ1n) is 9.97. The molecule has 1 amide bonds. The molecule has 1 saturated heterocycles. The molecule has 0 bridgehead atoms. The Balaban J connectivity index is 1.40. The van der Waals surface area contributed by atoms with Crippen molar-refractivity contribution in [3.05, 3.63) is 58.1 Å². The summed E-state index contributed by atoms with van der Waals surface area (Å²) in [6.45, 7) is 3.21. The fourth-order valence-corrected chi connectivity index (χ4v) is 5.86. The van der Waals surface area contributed by atoms with E-state index in [1.165, 1.54) is 35.2 Å². The number of hydrogen-bond acceptors (Lipinski definition) is 6. The standard InChI is InChI=1S/C21H23ClN4O3S2/c1-14-3-2-4-18(22)17(14)13-24-19-9-11-26(20(19)27)15-5-7-16(8-6-15)31(28,29)25-21-23-10-12-30-21/h4-8,10,12,19,24H,2-3,9,11,13H2,1H3,(H,23,25)/t19-/m1/s1. The van der Waals surface area contributed by atoms with Crippen LogP contribution in [-0.4, -0.2) is 38.4 Å². The molecule has 1 atom stereocenters. The van der Waals surface area contributed by atoms with Crippen LogP contribution in [0.25, 0.3) is 0 Å². The number of anilines is 2. The van der Waals surface area contributed by atoms with Gasteiger partial charge in [0.2, 0.25) is 5.91 Å². The minimum atomic E-state index is -3.72. The summed E-state index contributed by atoms with van der Waals surface area (Å²) in [6.07, 6.45) is 6.18. The van der Waals surface area contributed by atoms with Crippen LogP contribution in [0.15, 0.2) is 63.0 Å². The molecule has 7 nitrogen and oxygen atoms in total. The van der Waals surface area contributed by atoms with Crippen LogP contribution in [0.5, 0.6) is 0 Å². The van der Waals surface area contributed by atoms with E-state index in [0.717, 1.165) is 23.4 Å². The molecule has 0 saturated carbocycles. The summed E-state index contributed by atoms with van der Waals surface area (Å²) in [7, 11) is -3.72. The minimum absolute atomic E-state index is 0.0225. The molecule has 2 N–H and O–H groups in total. The van der Waals surface area contributed by atoms with Crippen molar-refractivity contribution in [2.24, 2.45) is 0 Å². The number of thiazole rings is 1. The summed E-state index contributed by atoms with van der Waals surface area (Å²) in [4.78, 5) is 18.6. The van der Waals surface area contributed by atoms with Gasteiger partial charge in [-0.2, -0.15) is 0 Å². The molecular formula is C21H23ClN4O3S2. The summed E-state index contributed by atoms with van der Waals surface area (Å²) in [5.41, 5.74) is 3.00. The van der Waals surface area contributed by atoms with Gasteiger partial charge in [0, 0.05) is 35.4 Å². The van der Waals surface area contributed by atoms with Crippen molar-refractivity contribution >= 4 is 49.7 Å². The molecule has 4 rings (SSSR count). The molecule has 0 spiro atoms. The Morgan fingerprint density at radius 3 is 2.74 bits per heavy atom. The number of allylic oxidation sites excluding steroid dienone is 2. The minimum Gasteiger partial charge on any atom is -0.311 e. The van der Waals surface area contributed by atoms with E-state index >= 15 is 0 Å². The van der Waals surface area contributed by atoms with E-state index in [9.17, 15) is 13.2 Å². The number of sulfonamides is 1. The van der Waals surface area contributed by atoms with Gasteiger partial charge in [-0.05, 0) is 56.0 Å². The highest BCUT2D eigenvalue weighted by Gasteiger charge is 2.32. The molecule has 1 aliphatic heterocycles. The SMILES string of the molecule is CC1=C(CN[C@@H]2CCN(c3ccc(S(=O)(=O)Nc4nccs4)cc3)C2=O)C(Cl)=CCC1. The predicted octanol–water partition coefficient (Wildman–Crippen LogP) is 3.87. The normalized spacial score (nSPS) is 19.7. The predicted molar refractivity (Wildman–Crippen MR) is 124 cm³/mol. The third-order valence-electron chi connectivity index (χ3n) is 5.49. The molecular weight excluding hydrogens is 456 g/mol. The summed E-state index contributed by atoms with van der Waals surface area (Å²) < 4.78 is 27.4. The van der Waals surface area contributed by atoms with E-state index in [2.05, 4.69) is 21.9 Å². The van der Waals surface area contributed by atoms with Gasteiger partial charge in [0.25, 0.3) is 10.0 Å². The monoisotopic (exact) mass is 478 g/mol. The van der Waals surface area contributed by atoms with Gasteiger partial charge >= 0.3 is 0 Å². The van der Waals surface area contributed by atoms with E-state index in [0.29, 0.717) is 30.3 Å². The Morgan fingerprint density at radius 1 is 1.29 bits per heavy atom. The van der Waals surface area contributed by atoms with Gasteiger partial charge < -0.3 is 10.2 Å². The third kappa shape index (κ3) is 4.85. The summed E-state index contributed by atoms with van der Waals surface area (Å²) >= 11 is 7.54. The molecule has 0 unspecified atom stereocenters. The molecule has 2 aromatic rings. The van der Waals surface area contributed by atoms with E-state index in [1.807, 2.05) is 6.08 Å². The number of carbonyl (C=O) groups excluding carboxylic acids is 1. The van der Waals surface area contributed by atoms with E-state index < -0.39 is 10.0 Å². The molecule has 1 aromatic heterocycles. The first-order valence-corrected chi connectivity index (χ1v) is 12.7. The Kier molecular flexibility index (Phi) is 6.47. The summed E-state index contributed by atoms with van der Waals surface area (Å²) in [6, 6.07) is 6.02. The zero-order chi connectivity index (χ0) is 22.0. The third-order valence-corrected chi connectivity index (χ3v) is 8.04. The molecule has 1 aromatic carbocycles. The van der Waals surface area contributed by atoms with Crippen LogP contribution in [0, 0.1) is 0 Å². The van der Waals surface area contributed by atoms with Crippen molar-refractivity contribution < 1.29 is 13.2 Å². The molecule has 1 fully saturated rings. The topological polar surface area (TPSA) is 91.4 Å². The Morgan fingerprint density at radius 2 is 2.06 bits per heavy atom. The van der Waals surface area contributed by atoms with Gasteiger partial charge in [-0.3, -0.25) is 9.52 Å². The highest BCUT2D eigenvalue weighted by Crippen LogP contribution is 2.28. The molecule has 164 valence electrons. The number of hydrogen-bond donors (Lipinski definition) is 2. The highest BCUT2D eigenvalue weighted by molar-refractivity contribution is 7.93. The Bertz CT molecular complexity index is 1130. The zero-order valence-corrected chi connectivity index (χ0v) is 19.4.